The van der Waals surface area contributed by atoms with Gasteiger partial charge in [-0.05, 0) is 29.3 Å². The van der Waals surface area contributed by atoms with E-state index < -0.39 is 0 Å². The monoisotopic (exact) mass is 346 g/mol. The lowest BCUT2D eigenvalue weighted by atomic mass is 10.2. The van der Waals surface area contributed by atoms with Gasteiger partial charge in [-0.2, -0.15) is 4.98 Å². The minimum absolute atomic E-state index is 0.0792. The minimum Gasteiger partial charge on any atom is -0.353 e. The zero-order chi connectivity index (χ0) is 13.1. The number of rotatable bonds is 3. The van der Waals surface area contributed by atoms with Crippen LogP contribution >= 0.6 is 39.1 Å². The van der Waals surface area contributed by atoms with E-state index in [0.29, 0.717) is 12.4 Å². The molecule has 2 aromatic rings. The zero-order valence-electron chi connectivity index (χ0n) is 9.44. The van der Waals surface area contributed by atoms with Gasteiger partial charge in [0.05, 0.1) is 0 Å². The van der Waals surface area contributed by atoms with Gasteiger partial charge >= 0.3 is 0 Å². The molecule has 1 aromatic heterocycles. The van der Waals surface area contributed by atoms with E-state index in [1.54, 1.807) is 0 Å². The summed E-state index contributed by atoms with van der Waals surface area (Å²) in [4.78, 5) is 5.93. The van der Waals surface area contributed by atoms with Gasteiger partial charge in [0.25, 0.3) is 0 Å². The first kappa shape index (κ1) is 13.5. The fourth-order valence-corrected chi connectivity index (χ4v) is 2.30. The summed E-state index contributed by atoms with van der Waals surface area (Å²) >= 11 is 15.1. The SMILES string of the molecule is CN(Cc1cccc(Br)c1)c1nc(Cl)nnc1Cl. The van der Waals surface area contributed by atoms with Crippen molar-refractivity contribution in [3.05, 3.63) is 44.7 Å². The van der Waals surface area contributed by atoms with Crippen molar-refractivity contribution < 1.29 is 0 Å². The average molecular weight is 348 g/mol. The van der Waals surface area contributed by atoms with Gasteiger partial charge in [0.1, 0.15) is 0 Å². The Labute approximate surface area is 123 Å². The van der Waals surface area contributed by atoms with Gasteiger partial charge < -0.3 is 4.90 Å². The number of halogens is 3. The molecule has 0 atom stereocenters. The van der Waals surface area contributed by atoms with Crippen molar-refractivity contribution >= 4 is 44.9 Å². The number of anilines is 1. The van der Waals surface area contributed by atoms with Gasteiger partial charge in [-0.3, -0.25) is 0 Å². The Hall–Kier alpha value is -0.910. The Morgan fingerprint density at radius 2 is 2.06 bits per heavy atom. The minimum atomic E-state index is 0.0792. The average Bonchev–Trinajstić information content (AvgIpc) is 2.32. The number of aromatic nitrogens is 3. The Morgan fingerprint density at radius 1 is 1.28 bits per heavy atom. The second-order valence-corrected chi connectivity index (χ2v) is 5.29. The summed E-state index contributed by atoms with van der Waals surface area (Å²) in [5.74, 6) is 0.511. The molecule has 0 saturated heterocycles. The first-order valence-electron chi connectivity index (χ1n) is 5.07. The van der Waals surface area contributed by atoms with Crippen molar-refractivity contribution in [2.45, 2.75) is 6.54 Å². The van der Waals surface area contributed by atoms with E-state index in [2.05, 4.69) is 31.1 Å². The highest BCUT2D eigenvalue weighted by molar-refractivity contribution is 9.10. The van der Waals surface area contributed by atoms with Crippen molar-refractivity contribution in [2.24, 2.45) is 0 Å². The van der Waals surface area contributed by atoms with Crippen LogP contribution in [0.3, 0.4) is 0 Å². The molecule has 0 spiro atoms. The van der Waals surface area contributed by atoms with E-state index in [1.807, 2.05) is 36.2 Å². The molecule has 0 radical (unpaired) electrons. The highest BCUT2D eigenvalue weighted by atomic mass is 79.9. The summed E-state index contributed by atoms with van der Waals surface area (Å²) in [6.07, 6.45) is 0. The van der Waals surface area contributed by atoms with E-state index in [4.69, 9.17) is 23.2 Å². The van der Waals surface area contributed by atoms with Gasteiger partial charge in [0.15, 0.2) is 11.0 Å². The maximum Gasteiger partial charge on any atom is 0.245 e. The molecule has 0 saturated carbocycles. The molecule has 2 rings (SSSR count). The van der Waals surface area contributed by atoms with Crippen molar-refractivity contribution in [3.63, 3.8) is 0 Å². The fraction of sp³-hybridized carbons (Fsp3) is 0.182. The first-order valence-corrected chi connectivity index (χ1v) is 6.62. The molecular weight excluding hydrogens is 339 g/mol. The van der Waals surface area contributed by atoms with Crippen LogP contribution in [0.25, 0.3) is 0 Å². The molecule has 4 nitrogen and oxygen atoms in total. The Kier molecular flexibility index (Phi) is 4.37. The van der Waals surface area contributed by atoms with Gasteiger partial charge in [0.2, 0.25) is 5.28 Å². The second-order valence-electron chi connectivity index (χ2n) is 3.68. The molecule has 1 heterocycles. The highest BCUT2D eigenvalue weighted by Crippen LogP contribution is 2.22. The molecule has 0 unspecified atom stereocenters. The summed E-state index contributed by atoms with van der Waals surface area (Å²) < 4.78 is 1.03. The van der Waals surface area contributed by atoms with Crippen molar-refractivity contribution in [3.8, 4) is 0 Å². The lowest BCUT2D eigenvalue weighted by Crippen LogP contribution is -2.19. The normalized spacial score (nSPS) is 10.4. The number of hydrogen-bond donors (Lipinski definition) is 0. The van der Waals surface area contributed by atoms with Crippen LogP contribution in [0.15, 0.2) is 28.7 Å². The molecule has 0 N–H and O–H groups in total. The summed E-state index contributed by atoms with van der Waals surface area (Å²) in [5, 5.41) is 7.62. The summed E-state index contributed by atoms with van der Waals surface area (Å²) in [6.45, 7) is 0.647. The van der Waals surface area contributed by atoms with Gasteiger partial charge in [-0.15, -0.1) is 10.2 Å². The van der Waals surface area contributed by atoms with Crippen LogP contribution in [0.1, 0.15) is 5.56 Å². The zero-order valence-corrected chi connectivity index (χ0v) is 12.5. The maximum atomic E-state index is 5.94. The van der Waals surface area contributed by atoms with Crippen LogP contribution in [-0.4, -0.2) is 22.2 Å². The van der Waals surface area contributed by atoms with E-state index in [9.17, 15) is 0 Å². The van der Waals surface area contributed by atoms with Crippen LogP contribution in [0.4, 0.5) is 5.82 Å². The van der Waals surface area contributed by atoms with E-state index in [1.165, 1.54) is 0 Å². The van der Waals surface area contributed by atoms with Crippen molar-refractivity contribution in [1.29, 1.82) is 0 Å². The molecule has 0 aliphatic rings. The number of benzene rings is 1. The molecule has 94 valence electrons. The fourth-order valence-electron chi connectivity index (χ4n) is 1.51. The highest BCUT2D eigenvalue weighted by Gasteiger charge is 2.11. The van der Waals surface area contributed by atoms with E-state index >= 15 is 0 Å². The summed E-state index contributed by atoms with van der Waals surface area (Å²) in [7, 11) is 1.87. The molecule has 0 aliphatic heterocycles. The Morgan fingerprint density at radius 3 is 2.78 bits per heavy atom. The molecule has 0 fully saturated rings. The predicted octanol–water partition coefficient (Wildman–Crippen LogP) is 3.58. The Bertz CT molecular complexity index is 564. The maximum absolute atomic E-state index is 5.94. The lowest BCUT2D eigenvalue weighted by Gasteiger charge is -2.18. The first-order chi connectivity index (χ1) is 8.56. The second kappa shape index (κ2) is 5.82. The van der Waals surface area contributed by atoms with E-state index in [0.717, 1.165) is 10.0 Å². The molecule has 0 bridgehead atoms. The van der Waals surface area contributed by atoms with Crippen LogP contribution in [0, 0.1) is 0 Å². The Balaban J connectivity index is 2.21. The van der Waals surface area contributed by atoms with Crippen molar-refractivity contribution in [1.82, 2.24) is 15.2 Å². The van der Waals surface area contributed by atoms with Gasteiger partial charge in [0, 0.05) is 18.1 Å². The summed E-state index contributed by atoms with van der Waals surface area (Å²) in [5.41, 5.74) is 1.12. The largest absolute Gasteiger partial charge is 0.353 e. The van der Waals surface area contributed by atoms with Crippen molar-refractivity contribution in [2.75, 3.05) is 11.9 Å². The van der Waals surface area contributed by atoms with Gasteiger partial charge in [-0.1, -0.05) is 39.7 Å². The lowest BCUT2D eigenvalue weighted by molar-refractivity contribution is 0.862. The molecule has 0 amide bonds. The quantitative estimate of drug-likeness (QED) is 0.851. The van der Waals surface area contributed by atoms with E-state index in [-0.39, 0.29) is 10.4 Å². The third-order valence-corrected chi connectivity index (χ3v) is 3.17. The van der Waals surface area contributed by atoms with Crippen LogP contribution in [0.5, 0.6) is 0 Å². The standard InChI is InChI=1S/C11H9BrCl2N4/c1-18(6-7-3-2-4-8(12)5-7)10-9(13)16-17-11(14)15-10/h2-5H,6H2,1H3. The third kappa shape index (κ3) is 3.31. The molecule has 18 heavy (non-hydrogen) atoms. The molecule has 0 aliphatic carbocycles. The molecule has 1 aromatic carbocycles. The van der Waals surface area contributed by atoms with Crippen LogP contribution in [-0.2, 0) is 6.54 Å². The van der Waals surface area contributed by atoms with Gasteiger partial charge in [-0.25, -0.2) is 0 Å². The number of nitrogens with zero attached hydrogens (tertiary/aromatic N) is 4. The van der Waals surface area contributed by atoms with Crippen LogP contribution in [0.2, 0.25) is 10.4 Å². The summed E-state index contributed by atoms with van der Waals surface area (Å²) in [6, 6.07) is 7.99. The predicted molar refractivity (Wildman–Crippen MR) is 76.1 cm³/mol. The number of hydrogen-bond acceptors (Lipinski definition) is 4. The topological polar surface area (TPSA) is 41.9 Å². The molecule has 7 heteroatoms. The van der Waals surface area contributed by atoms with Crippen LogP contribution < -0.4 is 4.90 Å². The third-order valence-electron chi connectivity index (χ3n) is 2.27. The molecular formula is C11H9BrCl2N4. The smallest absolute Gasteiger partial charge is 0.245 e.